The lowest BCUT2D eigenvalue weighted by Crippen LogP contribution is -2.15. The SMILES string of the molecule is O=C(O)CCc1cc(C(F)(F)F)c(Oc2ccc(O)c(S(=O)(=O)c3ccccc3)c2)c(C(F)(F)F)c1. The zero-order valence-electron chi connectivity index (χ0n) is 17.9. The Morgan fingerprint density at radius 2 is 1.42 bits per heavy atom. The molecule has 36 heavy (non-hydrogen) atoms. The molecule has 2 N–H and O–H groups in total. The van der Waals surface area contributed by atoms with Gasteiger partial charge in [0.1, 0.15) is 16.4 Å². The number of hydrogen-bond donors (Lipinski definition) is 2. The Balaban J connectivity index is 2.17. The van der Waals surface area contributed by atoms with Gasteiger partial charge in [0, 0.05) is 12.5 Å². The van der Waals surface area contributed by atoms with Crippen LogP contribution in [0.25, 0.3) is 0 Å². The highest BCUT2D eigenvalue weighted by Gasteiger charge is 2.43. The van der Waals surface area contributed by atoms with Gasteiger partial charge in [-0.1, -0.05) is 18.2 Å². The van der Waals surface area contributed by atoms with E-state index in [2.05, 4.69) is 0 Å². The topological polar surface area (TPSA) is 101 Å². The number of rotatable bonds is 7. The molecule has 0 aliphatic rings. The zero-order valence-corrected chi connectivity index (χ0v) is 18.7. The molecule has 6 nitrogen and oxygen atoms in total. The van der Waals surface area contributed by atoms with Crippen LogP contribution in [-0.4, -0.2) is 24.6 Å². The summed E-state index contributed by atoms with van der Waals surface area (Å²) in [6, 6.07) is 9.48. The van der Waals surface area contributed by atoms with E-state index in [-0.39, 0.29) is 4.90 Å². The van der Waals surface area contributed by atoms with Crippen molar-refractivity contribution in [1.29, 1.82) is 0 Å². The van der Waals surface area contributed by atoms with Crippen LogP contribution in [0.15, 0.2) is 70.5 Å². The third kappa shape index (κ3) is 5.90. The van der Waals surface area contributed by atoms with E-state index >= 15 is 0 Å². The molecule has 13 heteroatoms. The second kappa shape index (κ2) is 9.72. The van der Waals surface area contributed by atoms with Crippen molar-refractivity contribution in [3.8, 4) is 17.2 Å². The van der Waals surface area contributed by atoms with E-state index in [9.17, 15) is 44.7 Å². The molecule has 0 amide bonds. The van der Waals surface area contributed by atoms with E-state index in [1.807, 2.05) is 0 Å². The van der Waals surface area contributed by atoms with Gasteiger partial charge < -0.3 is 14.9 Å². The molecule has 3 aromatic carbocycles. The summed E-state index contributed by atoms with van der Waals surface area (Å²) in [7, 11) is -4.41. The highest BCUT2D eigenvalue weighted by Crippen LogP contribution is 2.47. The minimum Gasteiger partial charge on any atom is -0.507 e. The number of ether oxygens (including phenoxy) is 1. The highest BCUT2D eigenvalue weighted by molar-refractivity contribution is 7.91. The largest absolute Gasteiger partial charge is 0.507 e. The Hall–Kier alpha value is -3.74. The molecule has 3 aromatic rings. The van der Waals surface area contributed by atoms with Crippen molar-refractivity contribution >= 4 is 15.8 Å². The van der Waals surface area contributed by atoms with Crippen LogP contribution in [0.5, 0.6) is 17.2 Å². The Kier molecular flexibility index (Phi) is 7.25. The number of aromatic hydroxyl groups is 1. The zero-order chi connectivity index (χ0) is 26.9. The molecule has 0 aliphatic carbocycles. The lowest BCUT2D eigenvalue weighted by Gasteiger charge is -2.21. The van der Waals surface area contributed by atoms with Crippen molar-refractivity contribution in [3.05, 3.63) is 77.4 Å². The van der Waals surface area contributed by atoms with E-state index in [0.29, 0.717) is 18.2 Å². The average Bonchev–Trinajstić information content (AvgIpc) is 2.78. The minimum absolute atomic E-state index is 0.285. The van der Waals surface area contributed by atoms with Crippen molar-refractivity contribution < 1.29 is 54.5 Å². The van der Waals surface area contributed by atoms with Crippen LogP contribution in [-0.2, 0) is 33.4 Å². The summed E-state index contributed by atoms with van der Waals surface area (Å²) in [6.45, 7) is 0. The molecule has 0 aliphatic heterocycles. The molecule has 0 heterocycles. The number of alkyl halides is 6. The molecular formula is C23H16F6O6S. The predicted octanol–water partition coefficient (Wildman–Crippen LogP) is 6.07. The van der Waals surface area contributed by atoms with Crippen molar-refractivity contribution in [1.82, 2.24) is 0 Å². The van der Waals surface area contributed by atoms with Crippen LogP contribution in [0.3, 0.4) is 0 Å². The van der Waals surface area contributed by atoms with Gasteiger partial charge in [0.25, 0.3) is 0 Å². The van der Waals surface area contributed by atoms with Gasteiger partial charge in [-0.15, -0.1) is 0 Å². The fraction of sp³-hybridized carbons (Fsp3) is 0.174. The van der Waals surface area contributed by atoms with Crippen LogP contribution >= 0.6 is 0 Å². The van der Waals surface area contributed by atoms with Crippen LogP contribution in [0, 0.1) is 0 Å². The Morgan fingerprint density at radius 3 is 1.92 bits per heavy atom. The summed E-state index contributed by atoms with van der Waals surface area (Å²) < 4.78 is 113. The van der Waals surface area contributed by atoms with Crippen molar-refractivity contribution in [2.75, 3.05) is 0 Å². The van der Waals surface area contributed by atoms with Crippen LogP contribution in [0.2, 0.25) is 0 Å². The fourth-order valence-corrected chi connectivity index (χ4v) is 4.62. The third-order valence-corrected chi connectivity index (χ3v) is 6.68. The summed E-state index contributed by atoms with van der Waals surface area (Å²) in [5.41, 5.74) is -4.21. The lowest BCUT2D eigenvalue weighted by atomic mass is 9.99. The van der Waals surface area contributed by atoms with Gasteiger partial charge in [-0.25, -0.2) is 8.42 Å². The molecule has 0 radical (unpaired) electrons. The summed E-state index contributed by atoms with van der Waals surface area (Å²) in [4.78, 5) is 9.66. The number of carbonyl (C=O) groups is 1. The molecule has 0 fully saturated rings. The number of sulfone groups is 1. The molecular weight excluding hydrogens is 518 g/mol. The molecule has 0 saturated carbocycles. The molecule has 0 unspecified atom stereocenters. The van der Waals surface area contributed by atoms with E-state index < -0.39 is 79.8 Å². The number of carboxylic acid groups (broad SMARTS) is 1. The molecule has 0 atom stereocenters. The summed E-state index contributed by atoms with van der Waals surface area (Å²) in [6.07, 6.45) is -12.0. The summed E-state index contributed by atoms with van der Waals surface area (Å²) in [5.74, 6) is -4.60. The average molecular weight is 534 g/mol. The first-order chi connectivity index (χ1) is 16.6. The number of phenols is 1. The standard InChI is InChI=1S/C23H16F6O6S/c24-22(25,26)16-10-13(6-9-20(31)32)11-17(23(27,28)29)21(16)35-14-7-8-18(30)19(12-14)36(33,34)15-4-2-1-3-5-15/h1-5,7-8,10-12,30H,6,9H2,(H,31,32). The predicted molar refractivity (Wildman–Crippen MR) is 112 cm³/mol. The van der Waals surface area contributed by atoms with E-state index in [1.54, 1.807) is 0 Å². The number of aryl methyl sites for hydroxylation is 1. The number of aliphatic carboxylic acids is 1. The molecule has 192 valence electrons. The minimum atomic E-state index is -5.34. The van der Waals surface area contributed by atoms with Crippen LogP contribution in [0.1, 0.15) is 23.1 Å². The first kappa shape index (κ1) is 26.9. The third-order valence-electron chi connectivity index (χ3n) is 4.88. The van der Waals surface area contributed by atoms with Gasteiger partial charge in [-0.3, -0.25) is 4.79 Å². The lowest BCUT2D eigenvalue weighted by molar-refractivity contribution is -0.145. The Labute approximate surface area is 200 Å². The number of hydrogen-bond acceptors (Lipinski definition) is 5. The van der Waals surface area contributed by atoms with Gasteiger partial charge in [-0.05, 0) is 48.4 Å². The van der Waals surface area contributed by atoms with Crippen molar-refractivity contribution in [3.63, 3.8) is 0 Å². The van der Waals surface area contributed by atoms with E-state index in [0.717, 1.165) is 12.1 Å². The molecule has 0 aromatic heterocycles. The number of halogens is 6. The smallest absolute Gasteiger partial charge is 0.420 e. The molecule has 3 rings (SSSR count). The maximum atomic E-state index is 13.8. The van der Waals surface area contributed by atoms with E-state index in [1.165, 1.54) is 30.3 Å². The van der Waals surface area contributed by atoms with Crippen LogP contribution in [0.4, 0.5) is 26.3 Å². The number of carboxylic acids is 1. The fourth-order valence-electron chi connectivity index (χ4n) is 3.23. The molecule has 0 saturated heterocycles. The second-order valence-electron chi connectivity index (χ2n) is 7.46. The monoisotopic (exact) mass is 534 g/mol. The van der Waals surface area contributed by atoms with Crippen molar-refractivity contribution in [2.45, 2.75) is 35.0 Å². The van der Waals surface area contributed by atoms with Crippen LogP contribution < -0.4 is 4.74 Å². The quantitative estimate of drug-likeness (QED) is 0.357. The maximum absolute atomic E-state index is 13.8. The summed E-state index contributed by atoms with van der Waals surface area (Å²) in [5, 5.41) is 18.8. The highest BCUT2D eigenvalue weighted by atomic mass is 32.2. The van der Waals surface area contributed by atoms with Gasteiger partial charge in [0.15, 0.2) is 5.75 Å². The molecule has 0 spiro atoms. The maximum Gasteiger partial charge on any atom is 0.420 e. The number of phenolic OH excluding ortho intramolecular Hbond substituents is 1. The van der Waals surface area contributed by atoms with Gasteiger partial charge >= 0.3 is 18.3 Å². The van der Waals surface area contributed by atoms with Gasteiger partial charge in [0.05, 0.1) is 16.0 Å². The number of benzene rings is 3. The normalized spacial score (nSPS) is 12.4. The first-order valence-electron chi connectivity index (χ1n) is 9.95. The Bertz CT molecular complexity index is 1350. The second-order valence-corrected chi connectivity index (χ2v) is 9.38. The Morgan fingerprint density at radius 1 is 0.861 bits per heavy atom. The van der Waals surface area contributed by atoms with Gasteiger partial charge in [0.2, 0.25) is 9.84 Å². The van der Waals surface area contributed by atoms with E-state index in [4.69, 9.17) is 9.84 Å². The summed E-state index contributed by atoms with van der Waals surface area (Å²) >= 11 is 0. The first-order valence-corrected chi connectivity index (χ1v) is 11.4. The van der Waals surface area contributed by atoms with Crippen molar-refractivity contribution in [2.24, 2.45) is 0 Å². The molecule has 0 bridgehead atoms. The van der Waals surface area contributed by atoms with Gasteiger partial charge in [-0.2, -0.15) is 26.3 Å².